The van der Waals surface area contributed by atoms with E-state index in [0.29, 0.717) is 25.5 Å². The highest BCUT2D eigenvalue weighted by Crippen LogP contribution is 2.24. The molecule has 0 aromatic heterocycles. The number of β-amino-alcohol motifs (C(OH)–C–C–N with tert-alkyl or cyclic N) is 1. The van der Waals surface area contributed by atoms with E-state index >= 15 is 0 Å². The monoisotopic (exact) mass is 227 g/mol. The minimum absolute atomic E-state index is 0.192. The predicted octanol–water partition coefficient (Wildman–Crippen LogP) is 0.833. The number of rotatable bonds is 3. The molecule has 0 radical (unpaired) electrons. The first kappa shape index (κ1) is 11.9. The number of carbonyl (C=O) groups is 1. The van der Waals surface area contributed by atoms with Crippen molar-refractivity contribution in [3.63, 3.8) is 0 Å². The zero-order valence-corrected chi connectivity index (χ0v) is 9.65. The predicted molar refractivity (Wildman–Crippen MR) is 59.9 cm³/mol. The summed E-state index contributed by atoms with van der Waals surface area (Å²) in [7, 11) is 0. The van der Waals surface area contributed by atoms with E-state index in [-0.39, 0.29) is 12.0 Å². The molecule has 2 atom stereocenters. The van der Waals surface area contributed by atoms with Crippen molar-refractivity contribution in [2.24, 2.45) is 5.92 Å². The summed E-state index contributed by atoms with van der Waals surface area (Å²) in [5.74, 6) is 0.367. The number of carbonyl (C=O) groups excluding carboxylic acids is 1. The third kappa shape index (κ3) is 3.19. The maximum atomic E-state index is 11.6. The van der Waals surface area contributed by atoms with Crippen LogP contribution in [0.15, 0.2) is 0 Å². The van der Waals surface area contributed by atoms with Crippen molar-refractivity contribution in [3.8, 4) is 0 Å². The maximum Gasteiger partial charge on any atom is 0.323 e. The van der Waals surface area contributed by atoms with Gasteiger partial charge >= 0.3 is 5.97 Å². The molecule has 0 aromatic carbocycles. The number of hydrogen-bond donors (Lipinski definition) is 2. The Labute approximate surface area is 96.4 Å². The second kappa shape index (κ2) is 5.64. The summed E-state index contributed by atoms with van der Waals surface area (Å²) in [6.45, 7) is 1.07. The lowest BCUT2D eigenvalue weighted by Gasteiger charge is -2.21. The molecule has 1 unspecified atom stereocenters. The van der Waals surface area contributed by atoms with Crippen molar-refractivity contribution < 1.29 is 14.6 Å². The van der Waals surface area contributed by atoms with E-state index < -0.39 is 6.10 Å². The van der Waals surface area contributed by atoms with Crippen LogP contribution in [-0.4, -0.2) is 36.4 Å². The van der Waals surface area contributed by atoms with Gasteiger partial charge in [-0.3, -0.25) is 4.79 Å². The average Bonchev–Trinajstić information content (AvgIpc) is 2.74. The molecule has 16 heavy (non-hydrogen) atoms. The highest BCUT2D eigenvalue weighted by Gasteiger charge is 2.29. The third-order valence-electron chi connectivity index (χ3n) is 3.58. The van der Waals surface area contributed by atoms with Gasteiger partial charge in [0, 0.05) is 13.0 Å². The Balaban J connectivity index is 1.67. The molecule has 1 saturated heterocycles. The van der Waals surface area contributed by atoms with Gasteiger partial charge < -0.3 is 15.2 Å². The summed E-state index contributed by atoms with van der Waals surface area (Å²) in [5.41, 5.74) is 0. The number of esters is 1. The Morgan fingerprint density at radius 3 is 2.69 bits per heavy atom. The van der Waals surface area contributed by atoms with Gasteiger partial charge in [-0.1, -0.05) is 19.3 Å². The Hall–Kier alpha value is -0.610. The zero-order chi connectivity index (χ0) is 11.4. The van der Waals surface area contributed by atoms with Crippen molar-refractivity contribution in [2.45, 2.75) is 50.7 Å². The highest BCUT2D eigenvalue weighted by atomic mass is 16.5. The number of nitrogens with one attached hydrogen (secondary N) is 1. The average molecular weight is 227 g/mol. The van der Waals surface area contributed by atoms with Gasteiger partial charge in [0.2, 0.25) is 0 Å². The molecule has 1 saturated carbocycles. The summed E-state index contributed by atoms with van der Waals surface area (Å²) in [6, 6.07) is -0.293. The molecule has 1 aliphatic heterocycles. The quantitative estimate of drug-likeness (QED) is 0.701. The van der Waals surface area contributed by atoms with Crippen LogP contribution in [0.4, 0.5) is 0 Å². The van der Waals surface area contributed by atoms with Crippen LogP contribution in [0.3, 0.4) is 0 Å². The summed E-state index contributed by atoms with van der Waals surface area (Å²) < 4.78 is 5.30. The lowest BCUT2D eigenvalue weighted by Crippen LogP contribution is -2.33. The molecule has 2 fully saturated rings. The first-order chi connectivity index (χ1) is 7.75. The zero-order valence-electron chi connectivity index (χ0n) is 9.65. The largest absolute Gasteiger partial charge is 0.464 e. The minimum Gasteiger partial charge on any atom is -0.464 e. The molecule has 2 N–H and O–H groups in total. The lowest BCUT2D eigenvalue weighted by atomic mass is 9.90. The van der Waals surface area contributed by atoms with Crippen LogP contribution in [0.2, 0.25) is 0 Å². The van der Waals surface area contributed by atoms with Crippen LogP contribution in [-0.2, 0) is 9.53 Å². The molecule has 2 rings (SSSR count). The second-order valence-electron chi connectivity index (χ2n) is 4.98. The van der Waals surface area contributed by atoms with Crippen molar-refractivity contribution in [1.82, 2.24) is 5.32 Å². The van der Waals surface area contributed by atoms with Crippen LogP contribution in [0.25, 0.3) is 0 Å². The Kier molecular flexibility index (Phi) is 4.18. The van der Waals surface area contributed by atoms with Crippen LogP contribution < -0.4 is 5.32 Å². The number of ether oxygens (including phenoxy) is 1. The molecular formula is C12H21NO3. The number of hydrogen-bond acceptors (Lipinski definition) is 4. The van der Waals surface area contributed by atoms with Crippen molar-refractivity contribution in [1.29, 1.82) is 0 Å². The molecule has 92 valence electrons. The Morgan fingerprint density at radius 2 is 2.06 bits per heavy atom. The van der Waals surface area contributed by atoms with Crippen LogP contribution >= 0.6 is 0 Å². The molecule has 2 aliphatic rings. The van der Waals surface area contributed by atoms with E-state index in [1.165, 1.54) is 32.1 Å². The third-order valence-corrected chi connectivity index (χ3v) is 3.58. The topological polar surface area (TPSA) is 58.6 Å². The molecule has 0 amide bonds. The van der Waals surface area contributed by atoms with Gasteiger partial charge in [0.1, 0.15) is 6.04 Å². The summed E-state index contributed by atoms with van der Waals surface area (Å²) in [5, 5.41) is 12.3. The fraction of sp³-hybridized carbons (Fsp3) is 0.917. The second-order valence-corrected chi connectivity index (χ2v) is 4.98. The van der Waals surface area contributed by atoms with E-state index in [9.17, 15) is 9.90 Å². The fourth-order valence-corrected chi connectivity index (χ4v) is 2.55. The van der Waals surface area contributed by atoms with Crippen molar-refractivity contribution in [3.05, 3.63) is 0 Å². The van der Waals surface area contributed by atoms with Gasteiger partial charge in [-0.25, -0.2) is 0 Å². The van der Waals surface area contributed by atoms with Gasteiger partial charge in [0.05, 0.1) is 12.7 Å². The molecular weight excluding hydrogens is 206 g/mol. The van der Waals surface area contributed by atoms with E-state index in [1.807, 2.05) is 0 Å². The molecule has 1 heterocycles. The van der Waals surface area contributed by atoms with E-state index in [2.05, 4.69) is 5.32 Å². The van der Waals surface area contributed by atoms with Crippen LogP contribution in [0.1, 0.15) is 38.5 Å². The van der Waals surface area contributed by atoms with Gasteiger partial charge in [0.15, 0.2) is 0 Å². The maximum absolute atomic E-state index is 11.6. The van der Waals surface area contributed by atoms with E-state index in [4.69, 9.17) is 4.74 Å². The van der Waals surface area contributed by atoms with Gasteiger partial charge in [0.25, 0.3) is 0 Å². The SMILES string of the molecule is O=C(OCC1CCCCC1)[C@@H]1CC(O)CN1. The number of aliphatic hydroxyl groups is 1. The highest BCUT2D eigenvalue weighted by molar-refractivity contribution is 5.76. The van der Waals surface area contributed by atoms with Gasteiger partial charge in [-0.15, -0.1) is 0 Å². The minimum atomic E-state index is -0.396. The van der Waals surface area contributed by atoms with Crippen LogP contribution in [0.5, 0.6) is 0 Å². The Morgan fingerprint density at radius 1 is 1.31 bits per heavy atom. The van der Waals surface area contributed by atoms with Crippen molar-refractivity contribution >= 4 is 5.97 Å². The van der Waals surface area contributed by atoms with Crippen molar-refractivity contribution in [2.75, 3.05) is 13.2 Å². The summed E-state index contributed by atoms with van der Waals surface area (Å²) in [6.07, 6.45) is 6.32. The van der Waals surface area contributed by atoms with Gasteiger partial charge in [-0.05, 0) is 18.8 Å². The van der Waals surface area contributed by atoms with Gasteiger partial charge in [-0.2, -0.15) is 0 Å². The number of aliphatic hydroxyl groups excluding tert-OH is 1. The standard InChI is InChI=1S/C12H21NO3/c14-10-6-11(13-7-10)12(15)16-8-9-4-2-1-3-5-9/h9-11,13-14H,1-8H2/t10?,11-/m0/s1. The first-order valence-electron chi connectivity index (χ1n) is 6.34. The van der Waals surface area contributed by atoms with Crippen LogP contribution in [0, 0.1) is 5.92 Å². The molecule has 1 aliphatic carbocycles. The molecule has 4 heteroatoms. The molecule has 0 bridgehead atoms. The lowest BCUT2D eigenvalue weighted by molar-refractivity contribution is -0.147. The molecule has 0 spiro atoms. The smallest absolute Gasteiger partial charge is 0.323 e. The summed E-state index contributed by atoms with van der Waals surface area (Å²) in [4.78, 5) is 11.6. The molecule has 0 aromatic rings. The molecule has 4 nitrogen and oxygen atoms in total. The fourth-order valence-electron chi connectivity index (χ4n) is 2.55. The van der Waals surface area contributed by atoms with E-state index in [0.717, 1.165) is 0 Å². The first-order valence-corrected chi connectivity index (χ1v) is 6.34. The summed E-state index contributed by atoms with van der Waals surface area (Å²) >= 11 is 0. The van der Waals surface area contributed by atoms with E-state index in [1.54, 1.807) is 0 Å². The normalized spacial score (nSPS) is 31.6. The Bertz CT molecular complexity index is 238.